The van der Waals surface area contributed by atoms with E-state index in [-0.39, 0.29) is 12.1 Å². The fourth-order valence-corrected chi connectivity index (χ4v) is 3.20. The predicted octanol–water partition coefficient (Wildman–Crippen LogP) is 1.77. The van der Waals surface area contributed by atoms with Crippen molar-refractivity contribution in [3.8, 4) is 0 Å². The molecular weight excluding hydrogens is 325 g/mol. The highest BCUT2D eigenvalue weighted by Gasteiger charge is 2.33. The molecule has 1 N–H and O–H groups in total. The number of carbonyl (C=O) groups excluding carboxylic acids is 1. The number of carbonyl (C=O) groups is 1. The Kier molecular flexibility index (Phi) is 5.37. The third-order valence-corrected chi connectivity index (χ3v) is 4.48. The van der Waals surface area contributed by atoms with E-state index in [0.29, 0.717) is 32.6 Å². The fraction of sp³-hybridized carbons (Fsp3) is 0.529. The lowest BCUT2D eigenvalue weighted by molar-refractivity contribution is 0.174. The van der Waals surface area contributed by atoms with Crippen molar-refractivity contribution in [1.29, 1.82) is 0 Å². The third kappa shape index (κ3) is 4.60. The number of alkyl halides is 1. The van der Waals surface area contributed by atoms with E-state index in [1.165, 1.54) is 0 Å². The molecule has 2 atom stereocenters. The van der Waals surface area contributed by atoms with Crippen molar-refractivity contribution in [1.82, 2.24) is 24.9 Å². The number of hydrogen-bond acceptors (Lipinski definition) is 4. The largest absolute Gasteiger partial charge is 0.472 e. The molecule has 0 unspecified atom stereocenters. The highest BCUT2D eigenvalue weighted by Crippen LogP contribution is 2.23. The summed E-state index contributed by atoms with van der Waals surface area (Å²) in [6, 6.07) is 1.63. The van der Waals surface area contributed by atoms with Gasteiger partial charge in [0.1, 0.15) is 6.17 Å². The summed E-state index contributed by atoms with van der Waals surface area (Å²) in [5.41, 5.74) is 1.96. The van der Waals surface area contributed by atoms with Gasteiger partial charge in [0.05, 0.1) is 18.7 Å². The molecule has 0 radical (unpaired) electrons. The summed E-state index contributed by atoms with van der Waals surface area (Å²) in [6.45, 7) is 1.93. The van der Waals surface area contributed by atoms with E-state index in [2.05, 4.69) is 15.3 Å². The molecule has 1 saturated heterocycles. The molecule has 0 saturated carbocycles. The Morgan fingerprint density at radius 3 is 3.04 bits per heavy atom. The number of nitrogens with one attached hydrogen (secondary N) is 1. The zero-order valence-electron chi connectivity index (χ0n) is 14.6. The number of hydrogen-bond donors (Lipinski definition) is 1. The van der Waals surface area contributed by atoms with Crippen molar-refractivity contribution >= 4 is 6.03 Å². The molecular formula is C17H24FN5O2. The van der Waals surface area contributed by atoms with Gasteiger partial charge >= 0.3 is 6.03 Å². The third-order valence-electron chi connectivity index (χ3n) is 4.48. The van der Waals surface area contributed by atoms with Gasteiger partial charge in [-0.25, -0.2) is 9.18 Å². The van der Waals surface area contributed by atoms with Crippen molar-refractivity contribution in [2.24, 2.45) is 7.05 Å². The first kappa shape index (κ1) is 17.5. The number of rotatable bonds is 6. The number of nitrogens with zero attached hydrogens (tertiary/aromatic N) is 4. The van der Waals surface area contributed by atoms with Gasteiger partial charge in [-0.2, -0.15) is 5.10 Å². The van der Waals surface area contributed by atoms with E-state index in [1.54, 1.807) is 41.4 Å². The zero-order valence-corrected chi connectivity index (χ0v) is 14.6. The second-order valence-corrected chi connectivity index (χ2v) is 6.61. The summed E-state index contributed by atoms with van der Waals surface area (Å²) >= 11 is 0. The van der Waals surface area contributed by atoms with E-state index in [9.17, 15) is 9.18 Å². The minimum atomic E-state index is -0.857. The Bertz CT molecular complexity index is 687. The summed E-state index contributed by atoms with van der Waals surface area (Å²) in [7, 11) is 3.60. The summed E-state index contributed by atoms with van der Waals surface area (Å²) < 4.78 is 20.6. The standard InChI is InChI=1S/C17H24FN5O2/c1-21(17(24)19-6-13-3-4-25-12-13)11-16-5-15(18)10-23(16)9-14-7-20-22(2)8-14/h3-4,7-8,12,15-16H,5-6,9-11H2,1-2H3,(H,19,24)/t15-,16-/m0/s1. The molecule has 3 heterocycles. The molecule has 7 nitrogen and oxygen atoms in total. The number of aromatic nitrogens is 2. The Labute approximate surface area is 146 Å². The number of aryl methyl sites for hydroxylation is 1. The fourth-order valence-electron chi connectivity index (χ4n) is 3.20. The first-order valence-corrected chi connectivity index (χ1v) is 8.37. The Hall–Kier alpha value is -2.35. The molecule has 8 heteroatoms. The molecule has 25 heavy (non-hydrogen) atoms. The van der Waals surface area contributed by atoms with Crippen molar-refractivity contribution < 1.29 is 13.6 Å². The topological polar surface area (TPSA) is 66.5 Å². The van der Waals surface area contributed by atoms with Crippen LogP contribution in [0.25, 0.3) is 0 Å². The average molecular weight is 349 g/mol. The normalized spacial score (nSPS) is 20.8. The Balaban J connectivity index is 1.52. The first-order chi connectivity index (χ1) is 12.0. The van der Waals surface area contributed by atoms with Gasteiger partial charge in [0.25, 0.3) is 0 Å². The van der Waals surface area contributed by atoms with Crippen LogP contribution in [0.5, 0.6) is 0 Å². The van der Waals surface area contributed by atoms with Crippen LogP contribution in [0.15, 0.2) is 35.4 Å². The summed E-state index contributed by atoms with van der Waals surface area (Å²) in [6.07, 6.45) is 6.49. The van der Waals surface area contributed by atoms with Gasteiger partial charge in [0, 0.05) is 63.6 Å². The molecule has 2 aromatic rings. The van der Waals surface area contributed by atoms with E-state index < -0.39 is 6.17 Å². The van der Waals surface area contributed by atoms with Crippen LogP contribution in [0.2, 0.25) is 0 Å². The number of furan rings is 1. The molecule has 0 aliphatic carbocycles. The molecule has 2 aromatic heterocycles. The van der Waals surface area contributed by atoms with Gasteiger partial charge in [-0.3, -0.25) is 9.58 Å². The lowest BCUT2D eigenvalue weighted by Crippen LogP contribution is -2.44. The summed E-state index contributed by atoms with van der Waals surface area (Å²) in [5, 5.41) is 6.99. The predicted molar refractivity (Wildman–Crippen MR) is 90.5 cm³/mol. The maximum Gasteiger partial charge on any atom is 0.317 e. The molecule has 136 valence electrons. The van der Waals surface area contributed by atoms with Crippen molar-refractivity contribution in [3.05, 3.63) is 42.1 Å². The highest BCUT2D eigenvalue weighted by molar-refractivity contribution is 5.73. The molecule has 0 spiro atoms. The smallest absolute Gasteiger partial charge is 0.317 e. The second-order valence-electron chi connectivity index (χ2n) is 6.61. The van der Waals surface area contributed by atoms with Crippen LogP contribution in [0, 0.1) is 0 Å². The molecule has 1 aliphatic heterocycles. The van der Waals surface area contributed by atoms with Crippen LogP contribution >= 0.6 is 0 Å². The van der Waals surface area contributed by atoms with Crippen LogP contribution in [-0.4, -0.2) is 58.0 Å². The van der Waals surface area contributed by atoms with E-state index in [1.807, 2.05) is 13.2 Å². The van der Waals surface area contributed by atoms with Crippen LogP contribution in [0.4, 0.5) is 9.18 Å². The van der Waals surface area contributed by atoms with Crippen LogP contribution in [0.3, 0.4) is 0 Å². The number of likely N-dealkylation sites (N-methyl/N-ethyl adjacent to an activating group) is 1. The number of halogens is 1. The van der Waals surface area contributed by atoms with E-state index in [4.69, 9.17) is 4.42 Å². The maximum absolute atomic E-state index is 13.9. The van der Waals surface area contributed by atoms with Gasteiger partial charge < -0.3 is 14.6 Å². The summed E-state index contributed by atoms with van der Waals surface area (Å²) in [4.78, 5) is 15.9. The minimum Gasteiger partial charge on any atom is -0.472 e. The van der Waals surface area contributed by atoms with Crippen LogP contribution in [0.1, 0.15) is 17.5 Å². The van der Waals surface area contributed by atoms with Gasteiger partial charge in [-0.1, -0.05) is 0 Å². The first-order valence-electron chi connectivity index (χ1n) is 8.37. The molecule has 3 rings (SSSR count). The monoisotopic (exact) mass is 349 g/mol. The lowest BCUT2D eigenvalue weighted by atomic mass is 10.2. The number of urea groups is 1. The molecule has 1 fully saturated rings. The lowest BCUT2D eigenvalue weighted by Gasteiger charge is -2.28. The maximum atomic E-state index is 13.9. The Morgan fingerprint density at radius 2 is 2.36 bits per heavy atom. The van der Waals surface area contributed by atoms with Gasteiger partial charge in [0.2, 0.25) is 0 Å². The van der Waals surface area contributed by atoms with Crippen molar-refractivity contribution in [2.75, 3.05) is 20.1 Å². The minimum absolute atomic E-state index is 0.000110. The molecule has 0 aromatic carbocycles. The second kappa shape index (κ2) is 7.69. The van der Waals surface area contributed by atoms with E-state index in [0.717, 1.165) is 11.1 Å². The Morgan fingerprint density at radius 1 is 1.52 bits per heavy atom. The number of amides is 2. The van der Waals surface area contributed by atoms with Crippen molar-refractivity contribution in [3.63, 3.8) is 0 Å². The highest BCUT2D eigenvalue weighted by atomic mass is 19.1. The van der Waals surface area contributed by atoms with E-state index >= 15 is 0 Å². The van der Waals surface area contributed by atoms with Crippen LogP contribution < -0.4 is 5.32 Å². The van der Waals surface area contributed by atoms with Gasteiger partial charge in [-0.05, 0) is 12.5 Å². The van der Waals surface area contributed by atoms with Crippen LogP contribution in [-0.2, 0) is 20.1 Å². The SMILES string of the molecule is CN(C[C@@H]1C[C@H](F)CN1Cc1cnn(C)c1)C(=O)NCc1ccoc1. The number of likely N-dealkylation sites (tertiary alicyclic amines) is 1. The summed E-state index contributed by atoms with van der Waals surface area (Å²) in [5.74, 6) is 0. The quantitative estimate of drug-likeness (QED) is 0.863. The molecule has 0 bridgehead atoms. The van der Waals surface area contributed by atoms with Gasteiger partial charge in [0.15, 0.2) is 0 Å². The average Bonchev–Trinajstić information content (AvgIpc) is 3.29. The molecule has 1 aliphatic rings. The van der Waals surface area contributed by atoms with Gasteiger partial charge in [-0.15, -0.1) is 0 Å². The molecule has 2 amide bonds. The van der Waals surface area contributed by atoms with Crippen molar-refractivity contribution in [2.45, 2.75) is 31.7 Å². The zero-order chi connectivity index (χ0) is 17.8.